The zero-order chi connectivity index (χ0) is 16.1. The van der Waals surface area contributed by atoms with Crippen LogP contribution < -0.4 is 0 Å². The average Bonchev–Trinajstić information content (AvgIpc) is 2.81. The Morgan fingerprint density at radius 3 is 2.68 bits per heavy atom. The summed E-state index contributed by atoms with van der Waals surface area (Å²) < 4.78 is 5.71. The number of nitrogens with zero attached hydrogens (tertiary/aromatic N) is 1. The molecule has 0 aliphatic carbocycles. The van der Waals surface area contributed by atoms with Crippen LogP contribution in [0.2, 0.25) is 0 Å². The number of benzene rings is 1. The summed E-state index contributed by atoms with van der Waals surface area (Å²) in [6, 6.07) is 6.91. The van der Waals surface area contributed by atoms with E-state index < -0.39 is 5.97 Å². The van der Waals surface area contributed by atoms with E-state index in [0.717, 1.165) is 4.47 Å². The van der Waals surface area contributed by atoms with Crippen molar-refractivity contribution in [2.45, 2.75) is 6.92 Å². The number of hydrogen-bond acceptors (Lipinski definition) is 5. The number of halogens is 1. The fourth-order valence-electron chi connectivity index (χ4n) is 1.86. The van der Waals surface area contributed by atoms with Crippen molar-refractivity contribution >= 4 is 45.4 Å². The van der Waals surface area contributed by atoms with Crippen LogP contribution in [-0.2, 0) is 14.3 Å². The average molecular weight is 384 g/mol. The quantitative estimate of drug-likeness (QED) is 0.444. The third-order valence-corrected chi connectivity index (χ3v) is 4.46. The van der Waals surface area contributed by atoms with Crippen molar-refractivity contribution in [3.05, 3.63) is 45.4 Å². The highest BCUT2D eigenvalue weighted by Gasteiger charge is 2.29. The summed E-state index contributed by atoms with van der Waals surface area (Å²) in [6.45, 7) is 1.88. The number of amides is 1. The molecule has 2 rings (SSSR count). The smallest absolute Gasteiger partial charge is 0.333 e. The Kier molecular flexibility index (Phi) is 5.79. The molecule has 0 aromatic heterocycles. The van der Waals surface area contributed by atoms with Crippen molar-refractivity contribution < 1.29 is 19.1 Å². The molecule has 1 aromatic rings. The minimum absolute atomic E-state index is 0.0846. The van der Waals surface area contributed by atoms with Crippen LogP contribution in [0.3, 0.4) is 0 Å². The van der Waals surface area contributed by atoms with Crippen LogP contribution in [0, 0.1) is 0 Å². The highest BCUT2D eigenvalue weighted by atomic mass is 79.9. The first-order valence-corrected chi connectivity index (χ1v) is 8.39. The second-order valence-electron chi connectivity index (χ2n) is 4.43. The summed E-state index contributed by atoms with van der Waals surface area (Å²) in [5.41, 5.74) is 0.517. The zero-order valence-corrected chi connectivity index (χ0v) is 14.3. The molecule has 1 fully saturated rings. The molecule has 1 aliphatic rings. The fourth-order valence-corrected chi connectivity index (χ4v) is 3.05. The molecule has 0 bridgehead atoms. The van der Waals surface area contributed by atoms with Gasteiger partial charge in [0.15, 0.2) is 5.78 Å². The van der Waals surface area contributed by atoms with Gasteiger partial charge in [0.05, 0.1) is 30.0 Å². The molecule has 1 saturated heterocycles. The van der Waals surface area contributed by atoms with Crippen LogP contribution in [0.15, 0.2) is 39.8 Å². The lowest BCUT2D eigenvalue weighted by atomic mass is 10.1. The molecule has 0 unspecified atom stereocenters. The van der Waals surface area contributed by atoms with Crippen molar-refractivity contribution in [1.29, 1.82) is 0 Å². The van der Waals surface area contributed by atoms with Crippen molar-refractivity contribution in [3.63, 3.8) is 0 Å². The molecule has 0 N–H and O–H groups in total. The Balaban J connectivity index is 2.11. The number of thioether (sulfide) groups is 1. The maximum atomic E-state index is 12.3. The van der Waals surface area contributed by atoms with E-state index in [9.17, 15) is 14.4 Å². The summed E-state index contributed by atoms with van der Waals surface area (Å²) in [5.74, 6) is -0.663. The Hall–Kier alpha value is -1.60. The van der Waals surface area contributed by atoms with E-state index in [4.69, 9.17) is 4.74 Å². The van der Waals surface area contributed by atoms with E-state index in [2.05, 4.69) is 15.9 Å². The first kappa shape index (κ1) is 16.8. The van der Waals surface area contributed by atoms with Crippen LogP contribution in [0.1, 0.15) is 17.3 Å². The number of ketones is 1. The largest absolute Gasteiger partial charge is 0.463 e. The van der Waals surface area contributed by atoms with Gasteiger partial charge in [0, 0.05) is 10.0 Å². The van der Waals surface area contributed by atoms with Gasteiger partial charge in [-0.25, -0.2) is 4.79 Å². The van der Waals surface area contributed by atoms with Crippen LogP contribution in [0.25, 0.3) is 0 Å². The van der Waals surface area contributed by atoms with Gasteiger partial charge in [0.25, 0.3) is 0 Å². The lowest BCUT2D eigenvalue weighted by Gasteiger charge is -2.16. The summed E-state index contributed by atoms with van der Waals surface area (Å²) in [7, 11) is 0. The fraction of sp³-hybridized carbons (Fsp3) is 0.267. The number of rotatable bonds is 5. The van der Waals surface area contributed by atoms with Gasteiger partial charge in [-0.3, -0.25) is 14.5 Å². The number of Topliss-reactive ketones (excluding diaryl/α,β-unsaturated/α-hetero) is 1. The van der Waals surface area contributed by atoms with Gasteiger partial charge < -0.3 is 4.74 Å². The third-order valence-electron chi connectivity index (χ3n) is 2.91. The van der Waals surface area contributed by atoms with Crippen LogP contribution in [-0.4, -0.2) is 41.5 Å². The maximum Gasteiger partial charge on any atom is 0.333 e. The summed E-state index contributed by atoms with van der Waals surface area (Å²) in [5, 5.41) is 0.453. The molecular formula is C15H14BrNO4S. The number of esters is 1. The van der Waals surface area contributed by atoms with E-state index in [1.54, 1.807) is 31.2 Å². The number of ether oxygens (including phenoxy) is 1. The number of carbonyl (C=O) groups is 3. The van der Waals surface area contributed by atoms with Crippen molar-refractivity contribution in [1.82, 2.24) is 4.90 Å². The van der Waals surface area contributed by atoms with Crippen molar-refractivity contribution in [3.8, 4) is 0 Å². The highest BCUT2D eigenvalue weighted by Crippen LogP contribution is 2.29. The van der Waals surface area contributed by atoms with Crippen LogP contribution in [0.5, 0.6) is 0 Å². The molecule has 22 heavy (non-hydrogen) atoms. The van der Waals surface area contributed by atoms with Gasteiger partial charge in [-0.1, -0.05) is 39.8 Å². The summed E-state index contributed by atoms with van der Waals surface area (Å²) >= 11 is 4.53. The SMILES string of the molecule is CCOC(=O)/C=C1\SCC(=O)N1CC(=O)c1ccc(Br)cc1. The predicted molar refractivity (Wildman–Crippen MR) is 87.4 cm³/mol. The summed E-state index contributed by atoms with van der Waals surface area (Å²) in [4.78, 5) is 37.0. The topological polar surface area (TPSA) is 63.7 Å². The number of hydrogen-bond donors (Lipinski definition) is 0. The van der Waals surface area contributed by atoms with Crippen LogP contribution in [0.4, 0.5) is 0 Å². The highest BCUT2D eigenvalue weighted by molar-refractivity contribution is 9.10. The Labute approximate surface area is 140 Å². The third kappa shape index (κ3) is 4.20. The molecule has 1 amide bonds. The predicted octanol–water partition coefficient (Wildman–Crippen LogP) is 2.61. The van der Waals surface area contributed by atoms with E-state index in [-0.39, 0.29) is 30.6 Å². The van der Waals surface area contributed by atoms with Crippen molar-refractivity contribution in [2.75, 3.05) is 18.9 Å². The molecule has 7 heteroatoms. The van der Waals surface area contributed by atoms with Gasteiger partial charge in [0.2, 0.25) is 5.91 Å². The molecule has 116 valence electrons. The van der Waals surface area contributed by atoms with Gasteiger partial charge in [-0.05, 0) is 19.1 Å². The number of carbonyl (C=O) groups excluding carboxylic acids is 3. The molecule has 0 saturated carbocycles. The second-order valence-corrected chi connectivity index (χ2v) is 6.34. The van der Waals surface area contributed by atoms with Gasteiger partial charge >= 0.3 is 5.97 Å². The molecule has 1 aliphatic heterocycles. The molecule has 0 radical (unpaired) electrons. The van der Waals surface area contributed by atoms with E-state index in [1.165, 1.54) is 22.7 Å². The van der Waals surface area contributed by atoms with Gasteiger partial charge in [0.1, 0.15) is 0 Å². The van der Waals surface area contributed by atoms with Gasteiger partial charge in [-0.15, -0.1) is 0 Å². The Bertz CT molecular complexity index is 627. The van der Waals surface area contributed by atoms with E-state index in [1.807, 2.05) is 0 Å². The monoisotopic (exact) mass is 383 g/mol. The molecule has 1 heterocycles. The minimum atomic E-state index is -0.513. The maximum absolute atomic E-state index is 12.3. The summed E-state index contributed by atoms with van der Waals surface area (Å²) in [6.07, 6.45) is 1.26. The standard InChI is InChI=1S/C15H14BrNO4S/c1-2-21-15(20)7-14-17(13(19)9-22-14)8-12(18)10-3-5-11(16)6-4-10/h3-7H,2,8-9H2,1H3/b14-7-. The Morgan fingerprint density at radius 2 is 2.05 bits per heavy atom. The van der Waals surface area contributed by atoms with Crippen molar-refractivity contribution in [2.24, 2.45) is 0 Å². The molecule has 5 nitrogen and oxygen atoms in total. The first-order valence-electron chi connectivity index (χ1n) is 6.61. The van der Waals surface area contributed by atoms with Gasteiger partial charge in [-0.2, -0.15) is 0 Å². The molecule has 0 atom stereocenters. The zero-order valence-electron chi connectivity index (χ0n) is 11.9. The normalized spacial score (nSPS) is 16.2. The Morgan fingerprint density at radius 1 is 1.36 bits per heavy atom. The lowest BCUT2D eigenvalue weighted by molar-refractivity contribution is -0.137. The minimum Gasteiger partial charge on any atom is -0.463 e. The van der Waals surface area contributed by atoms with E-state index >= 15 is 0 Å². The van der Waals surface area contributed by atoms with E-state index in [0.29, 0.717) is 10.6 Å². The molecule has 0 spiro atoms. The molecular weight excluding hydrogens is 370 g/mol. The molecule has 1 aromatic carbocycles. The van der Waals surface area contributed by atoms with Crippen LogP contribution >= 0.6 is 27.7 Å². The lowest BCUT2D eigenvalue weighted by Crippen LogP contribution is -2.31. The first-order chi connectivity index (χ1) is 10.5. The second kappa shape index (κ2) is 7.60.